The summed E-state index contributed by atoms with van der Waals surface area (Å²) in [5.41, 5.74) is 1.58. The molecule has 2 aliphatic rings. The van der Waals surface area contributed by atoms with Crippen molar-refractivity contribution in [2.45, 2.75) is 43.2 Å². The molecule has 0 aromatic heterocycles. The van der Waals surface area contributed by atoms with Crippen molar-refractivity contribution in [3.63, 3.8) is 0 Å². The number of carbonyl (C=O) groups is 2. The van der Waals surface area contributed by atoms with Crippen molar-refractivity contribution in [2.75, 3.05) is 26.8 Å². The first kappa shape index (κ1) is 21.5. The highest BCUT2D eigenvalue weighted by atomic mass is 16.5. The quantitative estimate of drug-likeness (QED) is 0.719. The number of fused-ring (bicyclic) bond motifs is 1. The van der Waals surface area contributed by atoms with Crippen LogP contribution in [0.4, 0.5) is 0 Å². The zero-order valence-electron chi connectivity index (χ0n) is 17.9. The molecule has 0 unspecified atom stereocenters. The van der Waals surface area contributed by atoms with Crippen LogP contribution in [0.5, 0.6) is 0 Å². The number of hydrogen-bond acceptors (Lipinski definition) is 4. The van der Waals surface area contributed by atoms with Crippen molar-refractivity contribution in [3.05, 3.63) is 71.3 Å². The molecular weight excluding hydrogens is 392 g/mol. The van der Waals surface area contributed by atoms with Gasteiger partial charge in [0.05, 0.1) is 24.2 Å². The summed E-state index contributed by atoms with van der Waals surface area (Å²) in [6, 6.07) is 16.7. The van der Waals surface area contributed by atoms with Gasteiger partial charge in [-0.3, -0.25) is 9.59 Å². The van der Waals surface area contributed by atoms with Crippen LogP contribution in [-0.4, -0.2) is 54.2 Å². The zero-order chi connectivity index (χ0) is 21.8. The third kappa shape index (κ3) is 3.98. The second-order valence-electron chi connectivity index (χ2n) is 8.45. The molecule has 0 bridgehead atoms. The van der Waals surface area contributed by atoms with Gasteiger partial charge >= 0.3 is 0 Å². The molecular formula is C25H30N2O4. The standard InChI is InChI=1S/C25H30N2O4/c1-31-16-15-27-24(30)20-12-6-5-11-19(20)22(25(27)13-7-8-14-25)23(29)26-17-21(28)18-9-3-2-4-10-18/h2-6,9-12,21-22,28H,7-8,13-17H2,1H3,(H,26,29)/t21-,22-/m0/s1. The van der Waals surface area contributed by atoms with Crippen LogP contribution in [-0.2, 0) is 9.53 Å². The molecule has 2 aromatic carbocycles. The topological polar surface area (TPSA) is 78.9 Å². The number of aliphatic hydroxyl groups is 1. The molecule has 2 amide bonds. The Morgan fingerprint density at radius 2 is 1.84 bits per heavy atom. The van der Waals surface area contributed by atoms with E-state index in [2.05, 4.69) is 5.32 Å². The van der Waals surface area contributed by atoms with Crippen LogP contribution in [0.1, 0.15) is 59.2 Å². The van der Waals surface area contributed by atoms with E-state index in [9.17, 15) is 14.7 Å². The number of amides is 2. The minimum absolute atomic E-state index is 0.0251. The molecule has 31 heavy (non-hydrogen) atoms. The summed E-state index contributed by atoms with van der Waals surface area (Å²) in [5.74, 6) is -0.633. The molecule has 1 aliphatic heterocycles. The third-order valence-electron chi connectivity index (χ3n) is 6.73. The van der Waals surface area contributed by atoms with Crippen LogP contribution in [0.2, 0.25) is 0 Å². The maximum Gasteiger partial charge on any atom is 0.254 e. The summed E-state index contributed by atoms with van der Waals surface area (Å²) >= 11 is 0. The van der Waals surface area contributed by atoms with Gasteiger partial charge in [-0.1, -0.05) is 61.4 Å². The molecule has 2 aromatic rings. The van der Waals surface area contributed by atoms with Gasteiger partial charge in [0, 0.05) is 25.8 Å². The highest BCUT2D eigenvalue weighted by Crippen LogP contribution is 2.50. The number of rotatable bonds is 7. The Balaban J connectivity index is 1.65. The first-order chi connectivity index (χ1) is 15.1. The number of methoxy groups -OCH3 is 1. The average molecular weight is 423 g/mol. The summed E-state index contributed by atoms with van der Waals surface area (Å²) < 4.78 is 5.28. The molecule has 4 rings (SSSR count). The molecule has 2 N–H and O–H groups in total. The number of hydrogen-bond donors (Lipinski definition) is 2. The Hall–Kier alpha value is -2.70. The molecule has 1 heterocycles. The van der Waals surface area contributed by atoms with E-state index in [4.69, 9.17) is 4.74 Å². The predicted molar refractivity (Wildman–Crippen MR) is 118 cm³/mol. The number of nitrogens with zero attached hydrogens (tertiary/aromatic N) is 1. The van der Waals surface area contributed by atoms with Crippen molar-refractivity contribution < 1.29 is 19.4 Å². The van der Waals surface area contributed by atoms with Crippen LogP contribution in [0.25, 0.3) is 0 Å². The lowest BCUT2D eigenvalue weighted by Gasteiger charge is -2.50. The van der Waals surface area contributed by atoms with Crippen molar-refractivity contribution >= 4 is 11.8 Å². The van der Waals surface area contributed by atoms with Crippen LogP contribution in [0, 0.1) is 0 Å². The zero-order valence-corrected chi connectivity index (χ0v) is 17.9. The van der Waals surface area contributed by atoms with E-state index >= 15 is 0 Å². The summed E-state index contributed by atoms with van der Waals surface area (Å²) in [6.07, 6.45) is 2.76. The number of nitrogens with one attached hydrogen (secondary N) is 1. The number of aliphatic hydroxyl groups excluding tert-OH is 1. The minimum Gasteiger partial charge on any atom is -0.387 e. The summed E-state index contributed by atoms with van der Waals surface area (Å²) in [7, 11) is 1.62. The maximum atomic E-state index is 13.6. The van der Waals surface area contributed by atoms with Gasteiger partial charge in [-0.25, -0.2) is 0 Å². The Kier molecular flexibility index (Phi) is 6.39. The highest BCUT2D eigenvalue weighted by molar-refractivity contribution is 6.02. The van der Waals surface area contributed by atoms with Gasteiger partial charge in [-0.2, -0.15) is 0 Å². The Bertz CT molecular complexity index is 924. The number of benzene rings is 2. The first-order valence-electron chi connectivity index (χ1n) is 11.0. The Morgan fingerprint density at radius 3 is 2.55 bits per heavy atom. The summed E-state index contributed by atoms with van der Waals surface area (Å²) in [4.78, 5) is 28.9. The number of carbonyl (C=O) groups excluding carboxylic acids is 2. The summed E-state index contributed by atoms with van der Waals surface area (Å²) in [5, 5.41) is 13.5. The molecule has 0 saturated heterocycles. The van der Waals surface area contributed by atoms with E-state index < -0.39 is 17.6 Å². The molecule has 0 radical (unpaired) electrons. The van der Waals surface area contributed by atoms with E-state index in [1.807, 2.05) is 53.4 Å². The fourth-order valence-corrected chi connectivity index (χ4v) is 5.27. The SMILES string of the molecule is COCCN1C(=O)c2ccccc2[C@@H](C(=O)NC[C@H](O)c2ccccc2)C12CCCC2. The van der Waals surface area contributed by atoms with E-state index in [0.717, 1.165) is 36.8 Å². The molecule has 1 fully saturated rings. The van der Waals surface area contributed by atoms with Crippen LogP contribution in [0.15, 0.2) is 54.6 Å². The van der Waals surface area contributed by atoms with E-state index in [1.54, 1.807) is 13.2 Å². The maximum absolute atomic E-state index is 13.6. The van der Waals surface area contributed by atoms with Crippen molar-refractivity contribution in [1.29, 1.82) is 0 Å². The molecule has 1 spiro atoms. The van der Waals surface area contributed by atoms with Gasteiger partial charge in [0.25, 0.3) is 5.91 Å². The lowest BCUT2D eigenvalue weighted by atomic mass is 9.71. The molecule has 1 saturated carbocycles. The molecule has 6 nitrogen and oxygen atoms in total. The van der Waals surface area contributed by atoms with Gasteiger partial charge in [-0.05, 0) is 30.0 Å². The Morgan fingerprint density at radius 1 is 1.16 bits per heavy atom. The van der Waals surface area contributed by atoms with Crippen LogP contribution >= 0.6 is 0 Å². The third-order valence-corrected chi connectivity index (χ3v) is 6.73. The monoisotopic (exact) mass is 422 g/mol. The fraction of sp³-hybridized carbons (Fsp3) is 0.440. The molecule has 6 heteroatoms. The Labute approximate surface area is 183 Å². The normalized spacial score (nSPS) is 20.5. The second-order valence-corrected chi connectivity index (χ2v) is 8.45. The van der Waals surface area contributed by atoms with Crippen LogP contribution in [0.3, 0.4) is 0 Å². The minimum atomic E-state index is -0.783. The largest absolute Gasteiger partial charge is 0.387 e. The lowest BCUT2D eigenvalue weighted by Crippen LogP contribution is -2.61. The first-order valence-corrected chi connectivity index (χ1v) is 11.0. The molecule has 164 valence electrons. The van der Waals surface area contributed by atoms with Gasteiger partial charge in [0.15, 0.2) is 0 Å². The second kappa shape index (κ2) is 9.20. The van der Waals surface area contributed by atoms with E-state index in [1.165, 1.54) is 0 Å². The van der Waals surface area contributed by atoms with Gasteiger partial charge in [0.2, 0.25) is 5.91 Å². The fourth-order valence-electron chi connectivity index (χ4n) is 5.27. The van der Waals surface area contributed by atoms with Crippen molar-refractivity contribution in [3.8, 4) is 0 Å². The van der Waals surface area contributed by atoms with Gasteiger partial charge in [0.1, 0.15) is 0 Å². The highest BCUT2D eigenvalue weighted by Gasteiger charge is 2.55. The lowest BCUT2D eigenvalue weighted by molar-refractivity contribution is -0.127. The average Bonchev–Trinajstić information content (AvgIpc) is 3.28. The predicted octanol–water partition coefficient (Wildman–Crippen LogP) is 3.04. The van der Waals surface area contributed by atoms with Crippen molar-refractivity contribution in [2.24, 2.45) is 0 Å². The van der Waals surface area contributed by atoms with Gasteiger partial charge < -0.3 is 20.1 Å². The summed E-state index contributed by atoms with van der Waals surface area (Å²) in [6.45, 7) is 1.01. The smallest absolute Gasteiger partial charge is 0.254 e. The van der Waals surface area contributed by atoms with E-state index in [-0.39, 0.29) is 18.4 Å². The van der Waals surface area contributed by atoms with Crippen molar-refractivity contribution in [1.82, 2.24) is 10.2 Å². The van der Waals surface area contributed by atoms with E-state index in [0.29, 0.717) is 18.7 Å². The molecule has 1 aliphatic carbocycles. The van der Waals surface area contributed by atoms with Crippen LogP contribution < -0.4 is 5.32 Å². The van der Waals surface area contributed by atoms with Gasteiger partial charge in [-0.15, -0.1) is 0 Å². The molecule has 2 atom stereocenters. The number of ether oxygens (including phenoxy) is 1.